The molecule has 0 spiro atoms. The molecule has 2 aromatic heterocycles. The van der Waals surface area contributed by atoms with E-state index in [1.54, 1.807) is 47.6 Å². The molecular weight excluding hydrogens is 340 g/mol. The van der Waals surface area contributed by atoms with Gasteiger partial charge >= 0.3 is 0 Å². The van der Waals surface area contributed by atoms with E-state index in [9.17, 15) is 4.79 Å². The predicted octanol–water partition coefficient (Wildman–Crippen LogP) is 4.31. The number of hydrogen-bond donors (Lipinski definition) is 1. The molecular formula is C21H16N4O2. The molecule has 4 aromatic rings. The summed E-state index contributed by atoms with van der Waals surface area (Å²) in [7, 11) is 0. The molecule has 2 aromatic carbocycles. The van der Waals surface area contributed by atoms with E-state index in [2.05, 4.69) is 15.3 Å². The fraction of sp³-hybridized carbons (Fsp3) is 0. The van der Waals surface area contributed by atoms with Crippen molar-refractivity contribution in [1.29, 1.82) is 0 Å². The van der Waals surface area contributed by atoms with E-state index in [0.29, 0.717) is 22.8 Å². The predicted molar refractivity (Wildman–Crippen MR) is 102 cm³/mol. The number of aromatic nitrogens is 3. The van der Waals surface area contributed by atoms with E-state index >= 15 is 0 Å². The van der Waals surface area contributed by atoms with Crippen LogP contribution in [0.1, 0.15) is 10.4 Å². The van der Waals surface area contributed by atoms with Crippen molar-refractivity contribution in [1.82, 2.24) is 14.5 Å². The SMILES string of the molecule is O=C(Nc1ccc(Oc2ccccc2)cc1)c1ccc(-n2ccnc2)nc1. The zero-order valence-electron chi connectivity index (χ0n) is 14.3. The van der Waals surface area contributed by atoms with Gasteiger partial charge in [-0.3, -0.25) is 9.36 Å². The summed E-state index contributed by atoms with van der Waals surface area (Å²) in [4.78, 5) is 20.7. The molecule has 1 amide bonds. The van der Waals surface area contributed by atoms with Crippen molar-refractivity contribution in [2.75, 3.05) is 5.32 Å². The summed E-state index contributed by atoms with van der Waals surface area (Å²) in [5.41, 5.74) is 1.16. The molecule has 6 heteroatoms. The maximum Gasteiger partial charge on any atom is 0.257 e. The van der Waals surface area contributed by atoms with Crippen LogP contribution in [0.5, 0.6) is 11.5 Å². The van der Waals surface area contributed by atoms with Gasteiger partial charge in [-0.15, -0.1) is 0 Å². The number of rotatable bonds is 5. The Labute approximate surface area is 156 Å². The summed E-state index contributed by atoms with van der Waals surface area (Å²) < 4.78 is 7.51. The number of carbonyl (C=O) groups excluding carboxylic acids is 1. The van der Waals surface area contributed by atoms with Crippen LogP contribution < -0.4 is 10.1 Å². The summed E-state index contributed by atoms with van der Waals surface area (Å²) in [5.74, 6) is 1.94. The first kappa shape index (κ1) is 16.5. The van der Waals surface area contributed by atoms with Gasteiger partial charge in [-0.05, 0) is 48.5 Å². The monoisotopic (exact) mass is 356 g/mol. The third-order valence-electron chi connectivity index (χ3n) is 3.87. The van der Waals surface area contributed by atoms with E-state index in [1.165, 1.54) is 6.20 Å². The van der Waals surface area contributed by atoms with Gasteiger partial charge in [0.05, 0.1) is 5.56 Å². The average molecular weight is 356 g/mol. The molecule has 6 nitrogen and oxygen atoms in total. The number of carbonyl (C=O) groups is 1. The van der Waals surface area contributed by atoms with Crippen LogP contribution >= 0.6 is 0 Å². The van der Waals surface area contributed by atoms with E-state index in [1.807, 2.05) is 42.5 Å². The summed E-state index contributed by atoms with van der Waals surface area (Å²) in [6.45, 7) is 0. The van der Waals surface area contributed by atoms with Crippen LogP contribution in [0, 0.1) is 0 Å². The molecule has 0 radical (unpaired) electrons. The van der Waals surface area contributed by atoms with Crippen LogP contribution in [-0.4, -0.2) is 20.4 Å². The fourth-order valence-corrected chi connectivity index (χ4v) is 2.50. The number of anilines is 1. The number of imidazole rings is 1. The average Bonchev–Trinajstić information content (AvgIpc) is 3.25. The van der Waals surface area contributed by atoms with Crippen molar-refractivity contribution in [3.8, 4) is 17.3 Å². The van der Waals surface area contributed by atoms with Gasteiger partial charge < -0.3 is 10.1 Å². The molecule has 0 unspecified atom stereocenters. The van der Waals surface area contributed by atoms with E-state index < -0.39 is 0 Å². The lowest BCUT2D eigenvalue weighted by molar-refractivity contribution is 0.102. The third kappa shape index (κ3) is 4.01. The number of nitrogens with zero attached hydrogens (tertiary/aromatic N) is 3. The maximum absolute atomic E-state index is 12.4. The minimum atomic E-state index is -0.226. The topological polar surface area (TPSA) is 69.0 Å². The van der Waals surface area contributed by atoms with Crippen molar-refractivity contribution in [3.63, 3.8) is 0 Å². The number of para-hydroxylation sites is 1. The van der Waals surface area contributed by atoms with Gasteiger partial charge in [0.2, 0.25) is 0 Å². The largest absolute Gasteiger partial charge is 0.457 e. The Kier molecular flexibility index (Phi) is 4.61. The summed E-state index contributed by atoms with van der Waals surface area (Å²) >= 11 is 0. The van der Waals surface area contributed by atoms with Crippen LogP contribution in [0.2, 0.25) is 0 Å². The van der Waals surface area contributed by atoms with Crippen LogP contribution in [-0.2, 0) is 0 Å². The third-order valence-corrected chi connectivity index (χ3v) is 3.87. The van der Waals surface area contributed by atoms with Gasteiger partial charge in [-0.25, -0.2) is 9.97 Å². The lowest BCUT2D eigenvalue weighted by Gasteiger charge is -2.08. The minimum absolute atomic E-state index is 0.226. The number of benzene rings is 2. The first-order valence-electron chi connectivity index (χ1n) is 8.37. The maximum atomic E-state index is 12.4. The fourth-order valence-electron chi connectivity index (χ4n) is 2.50. The second-order valence-corrected chi connectivity index (χ2v) is 5.77. The van der Waals surface area contributed by atoms with Gasteiger partial charge in [-0.2, -0.15) is 0 Å². The molecule has 2 heterocycles. The molecule has 27 heavy (non-hydrogen) atoms. The quantitative estimate of drug-likeness (QED) is 0.578. The van der Waals surface area contributed by atoms with Crippen molar-refractivity contribution >= 4 is 11.6 Å². The van der Waals surface area contributed by atoms with Crippen molar-refractivity contribution in [2.24, 2.45) is 0 Å². The molecule has 0 saturated carbocycles. The lowest BCUT2D eigenvalue weighted by atomic mass is 10.2. The molecule has 0 aliphatic heterocycles. The van der Waals surface area contributed by atoms with Gasteiger partial charge in [0.1, 0.15) is 23.6 Å². The van der Waals surface area contributed by atoms with Crippen molar-refractivity contribution in [3.05, 3.63) is 97.2 Å². The molecule has 4 rings (SSSR count). The Bertz CT molecular complexity index is 1010. The van der Waals surface area contributed by atoms with Crippen LogP contribution in [0.15, 0.2) is 91.6 Å². The number of nitrogens with one attached hydrogen (secondary N) is 1. The van der Waals surface area contributed by atoms with Crippen LogP contribution in [0.3, 0.4) is 0 Å². The van der Waals surface area contributed by atoms with E-state index in [-0.39, 0.29) is 5.91 Å². The Hall–Kier alpha value is -3.93. The first-order valence-corrected chi connectivity index (χ1v) is 8.37. The zero-order chi connectivity index (χ0) is 18.5. The van der Waals surface area contributed by atoms with Gasteiger partial charge in [0.25, 0.3) is 5.91 Å². The highest BCUT2D eigenvalue weighted by molar-refractivity contribution is 6.04. The normalized spacial score (nSPS) is 10.4. The second kappa shape index (κ2) is 7.53. The molecule has 0 saturated heterocycles. The molecule has 0 atom stereocenters. The minimum Gasteiger partial charge on any atom is -0.457 e. The van der Waals surface area contributed by atoms with Gasteiger partial charge in [-0.1, -0.05) is 18.2 Å². The highest BCUT2D eigenvalue weighted by Gasteiger charge is 2.08. The van der Waals surface area contributed by atoms with Gasteiger partial charge in [0.15, 0.2) is 0 Å². The van der Waals surface area contributed by atoms with E-state index in [0.717, 1.165) is 5.75 Å². The highest BCUT2D eigenvalue weighted by atomic mass is 16.5. The first-order chi connectivity index (χ1) is 13.3. The smallest absolute Gasteiger partial charge is 0.257 e. The molecule has 0 aliphatic carbocycles. The molecule has 1 N–H and O–H groups in total. The number of pyridine rings is 1. The zero-order valence-corrected chi connectivity index (χ0v) is 14.3. The van der Waals surface area contributed by atoms with Crippen LogP contribution in [0.4, 0.5) is 5.69 Å². The Balaban J connectivity index is 1.40. The molecule has 132 valence electrons. The number of ether oxygens (including phenoxy) is 1. The highest BCUT2D eigenvalue weighted by Crippen LogP contribution is 2.22. The van der Waals surface area contributed by atoms with Gasteiger partial charge in [0, 0.05) is 24.3 Å². The Morgan fingerprint density at radius 1 is 0.926 bits per heavy atom. The van der Waals surface area contributed by atoms with E-state index in [4.69, 9.17) is 4.74 Å². The summed E-state index contributed by atoms with van der Waals surface area (Å²) in [6, 6.07) is 20.2. The molecule has 0 fully saturated rings. The standard InChI is InChI=1S/C21H16N4O2/c26-21(16-6-11-20(23-14-16)25-13-12-22-15-25)24-17-7-9-19(10-8-17)27-18-4-2-1-3-5-18/h1-15H,(H,24,26). The van der Waals surface area contributed by atoms with Crippen molar-refractivity contribution < 1.29 is 9.53 Å². The van der Waals surface area contributed by atoms with Crippen molar-refractivity contribution in [2.45, 2.75) is 0 Å². The summed E-state index contributed by atoms with van der Waals surface area (Å²) in [6.07, 6.45) is 6.66. The molecule has 0 bridgehead atoms. The lowest BCUT2D eigenvalue weighted by Crippen LogP contribution is -2.12. The number of hydrogen-bond acceptors (Lipinski definition) is 4. The number of amides is 1. The summed E-state index contributed by atoms with van der Waals surface area (Å²) in [5, 5.41) is 2.85. The Morgan fingerprint density at radius 2 is 1.70 bits per heavy atom. The Morgan fingerprint density at radius 3 is 2.37 bits per heavy atom. The second-order valence-electron chi connectivity index (χ2n) is 5.77. The molecule has 0 aliphatic rings. The van der Waals surface area contributed by atoms with Crippen LogP contribution in [0.25, 0.3) is 5.82 Å².